The first-order valence-electron chi connectivity index (χ1n) is 7.68. The van der Waals surface area contributed by atoms with Gasteiger partial charge in [-0.15, -0.1) is 10.2 Å². The van der Waals surface area contributed by atoms with E-state index >= 15 is 0 Å². The molecule has 124 valence electrons. The topological polar surface area (TPSA) is 76.4 Å². The van der Waals surface area contributed by atoms with Crippen LogP contribution in [-0.2, 0) is 18.3 Å². The van der Waals surface area contributed by atoms with Crippen LogP contribution in [-0.4, -0.2) is 58.5 Å². The molecule has 0 saturated carbocycles. The molecular weight excluding hydrogens is 300 g/mol. The Kier molecular flexibility index (Phi) is 6.98. The number of hydrogen-bond donors (Lipinski definition) is 2. The number of ether oxygens (including phenoxy) is 1. The Labute approximate surface area is 136 Å². The Morgan fingerprint density at radius 2 is 2.32 bits per heavy atom. The van der Waals surface area contributed by atoms with E-state index in [1.165, 1.54) is 0 Å². The molecule has 0 amide bonds. The summed E-state index contributed by atoms with van der Waals surface area (Å²) in [5, 5.41) is 14.9. The number of aromatic nitrogens is 3. The van der Waals surface area contributed by atoms with Gasteiger partial charge in [-0.1, -0.05) is 0 Å². The lowest BCUT2D eigenvalue weighted by atomic mass is 10.2. The molecule has 2 heterocycles. The molecule has 0 aromatic carbocycles. The quantitative estimate of drug-likeness (QED) is 0.436. The zero-order valence-corrected chi connectivity index (χ0v) is 14.4. The fourth-order valence-corrected chi connectivity index (χ4v) is 2.51. The highest BCUT2D eigenvalue weighted by Gasteiger charge is 2.15. The molecule has 1 fully saturated rings. The van der Waals surface area contributed by atoms with Crippen LogP contribution in [0.1, 0.15) is 24.5 Å². The van der Waals surface area contributed by atoms with Crippen LogP contribution < -0.4 is 10.6 Å². The van der Waals surface area contributed by atoms with Crippen molar-refractivity contribution in [1.82, 2.24) is 25.4 Å². The third kappa shape index (κ3) is 5.17. The summed E-state index contributed by atoms with van der Waals surface area (Å²) in [5.41, 5.74) is 0. The van der Waals surface area contributed by atoms with Gasteiger partial charge in [0.25, 0.3) is 0 Å². The fourth-order valence-electron chi connectivity index (χ4n) is 2.20. The second-order valence-electron chi connectivity index (χ2n) is 5.32. The third-order valence-electron chi connectivity index (χ3n) is 3.68. The van der Waals surface area contributed by atoms with Crippen LogP contribution >= 0.6 is 11.8 Å². The van der Waals surface area contributed by atoms with Crippen LogP contribution in [0.3, 0.4) is 0 Å². The van der Waals surface area contributed by atoms with Crippen LogP contribution in [0, 0.1) is 6.92 Å². The first-order valence-corrected chi connectivity index (χ1v) is 9.07. The molecule has 1 aromatic rings. The van der Waals surface area contributed by atoms with Gasteiger partial charge in [0.2, 0.25) is 0 Å². The molecule has 0 spiro atoms. The summed E-state index contributed by atoms with van der Waals surface area (Å²) in [6, 6.07) is 0. The Hall–Kier alpha value is -1.28. The Balaban J connectivity index is 1.89. The minimum atomic E-state index is 0.296. The van der Waals surface area contributed by atoms with Crippen LogP contribution in [0.25, 0.3) is 0 Å². The van der Waals surface area contributed by atoms with E-state index in [-0.39, 0.29) is 0 Å². The maximum absolute atomic E-state index is 5.64. The standard InChI is InChI=1S/C14H26N6OS/c1-11-18-19-13(20(11)2)10-17-14(15-6-8-22-3)16-9-12-5-4-7-21-12/h12H,4-10H2,1-3H3,(H2,15,16,17). The lowest BCUT2D eigenvalue weighted by molar-refractivity contribution is 0.114. The van der Waals surface area contributed by atoms with E-state index in [9.17, 15) is 0 Å². The number of hydrogen-bond acceptors (Lipinski definition) is 5. The monoisotopic (exact) mass is 326 g/mol. The molecule has 1 aliphatic rings. The molecule has 1 unspecified atom stereocenters. The number of guanidine groups is 1. The van der Waals surface area contributed by atoms with Crippen molar-refractivity contribution in [2.24, 2.45) is 12.0 Å². The molecule has 0 bridgehead atoms. The second-order valence-corrected chi connectivity index (χ2v) is 6.31. The molecule has 8 heteroatoms. The summed E-state index contributed by atoms with van der Waals surface area (Å²) < 4.78 is 7.60. The fraction of sp³-hybridized carbons (Fsp3) is 0.786. The van der Waals surface area contributed by atoms with E-state index in [1.54, 1.807) is 0 Å². The number of rotatable bonds is 7. The minimum Gasteiger partial charge on any atom is -0.376 e. The van der Waals surface area contributed by atoms with Crippen molar-refractivity contribution >= 4 is 17.7 Å². The molecule has 7 nitrogen and oxygen atoms in total. The van der Waals surface area contributed by atoms with Gasteiger partial charge in [0.15, 0.2) is 11.8 Å². The van der Waals surface area contributed by atoms with Crippen molar-refractivity contribution in [2.75, 3.05) is 31.7 Å². The average molecular weight is 326 g/mol. The second kappa shape index (κ2) is 8.99. The first kappa shape index (κ1) is 17.1. The normalized spacial score (nSPS) is 18.7. The summed E-state index contributed by atoms with van der Waals surface area (Å²) in [6.45, 7) is 5.00. The summed E-state index contributed by atoms with van der Waals surface area (Å²) in [5.74, 6) is 3.61. The molecule has 22 heavy (non-hydrogen) atoms. The number of nitrogens with one attached hydrogen (secondary N) is 2. The maximum atomic E-state index is 5.64. The van der Waals surface area contributed by atoms with Gasteiger partial charge in [0, 0.05) is 32.5 Å². The predicted molar refractivity (Wildman–Crippen MR) is 90.2 cm³/mol. The van der Waals surface area contributed by atoms with E-state index in [2.05, 4.69) is 32.1 Å². The number of thioether (sulfide) groups is 1. The summed E-state index contributed by atoms with van der Waals surface area (Å²) in [7, 11) is 1.96. The summed E-state index contributed by atoms with van der Waals surface area (Å²) in [4.78, 5) is 4.61. The van der Waals surface area contributed by atoms with Crippen molar-refractivity contribution in [3.8, 4) is 0 Å². The van der Waals surface area contributed by atoms with Gasteiger partial charge in [-0.05, 0) is 26.0 Å². The Bertz CT molecular complexity index is 484. The van der Waals surface area contributed by atoms with E-state index in [4.69, 9.17) is 4.74 Å². The van der Waals surface area contributed by atoms with Gasteiger partial charge in [-0.2, -0.15) is 11.8 Å². The van der Waals surface area contributed by atoms with Gasteiger partial charge < -0.3 is 19.9 Å². The average Bonchev–Trinajstić information content (AvgIpc) is 3.14. The predicted octanol–water partition coefficient (Wildman–Crippen LogP) is 0.701. The molecule has 2 N–H and O–H groups in total. The highest BCUT2D eigenvalue weighted by molar-refractivity contribution is 7.98. The SMILES string of the molecule is CSCCNC(=NCc1nnc(C)n1C)NCC1CCCO1. The van der Waals surface area contributed by atoms with Crippen LogP contribution in [0.15, 0.2) is 4.99 Å². The number of aliphatic imine (C=N–C) groups is 1. The highest BCUT2D eigenvalue weighted by atomic mass is 32.2. The lowest BCUT2D eigenvalue weighted by Gasteiger charge is -2.15. The highest BCUT2D eigenvalue weighted by Crippen LogP contribution is 2.10. The number of aryl methyl sites for hydroxylation is 1. The Morgan fingerprint density at radius 3 is 2.95 bits per heavy atom. The summed E-state index contributed by atoms with van der Waals surface area (Å²) in [6.07, 6.45) is 4.66. The van der Waals surface area contributed by atoms with Crippen molar-refractivity contribution in [3.05, 3.63) is 11.6 Å². The van der Waals surface area contributed by atoms with Crippen LogP contribution in [0.5, 0.6) is 0 Å². The van der Waals surface area contributed by atoms with E-state index in [0.717, 1.165) is 55.9 Å². The zero-order valence-electron chi connectivity index (χ0n) is 13.6. The zero-order chi connectivity index (χ0) is 15.8. The molecule has 1 aromatic heterocycles. The van der Waals surface area contributed by atoms with E-state index < -0.39 is 0 Å². The molecule has 1 saturated heterocycles. The molecule has 2 rings (SSSR count). The minimum absolute atomic E-state index is 0.296. The van der Waals surface area contributed by atoms with Gasteiger partial charge in [0.05, 0.1) is 6.10 Å². The van der Waals surface area contributed by atoms with Gasteiger partial charge >= 0.3 is 0 Å². The van der Waals surface area contributed by atoms with E-state index in [1.807, 2.05) is 30.3 Å². The molecule has 1 aliphatic heterocycles. The number of nitrogens with zero attached hydrogens (tertiary/aromatic N) is 4. The molecule has 0 aliphatic carbocycles. The van der Waals surface area contributed by atoms with Crippen LogP contribution in [0.4, 0.5) is 0 Å². The maximum Gasteiger partial charge on any atom is 0.191 e. The van der Waals surface area contributed by atoms with E-state index in [0.29, 0.717) is 12.6 Å². The first-order chi connectivity index (χ1) is 10.7. The molecule has 1 atom stereocenters. The van der Waals surface area contributed by atoms with Crippen molar-refractivity contribution < 1.29 is 4.74 Å². The smallest absolute Gasteiger partial charge is 0.191 e. The molecule has 0 radical (unpaired) electrons. The van der Waals surface area contributed by atoms with Crippen molar-refractivity contribution in [3.63, 3.8) is 0 Å². The molecular formula is C14H26N6OS. The lowest BCUT2D eigenvalue weighted by Crippen LogP contribution is -2.42. The van der Waals surface area contributed by atoms with Crippen molar-refractivity contribution in [2.45, 2.75) is 32.4 Å². The van der Waals surface area contributed by atoms with Crippen molar-refractivity contribution in [1.29, 1.82) is 0 Å². The van der Waals surface area contributed by atoms with Gasteiger partial charge in [-0.25, -0.2) is 4.99 Å². The largest absolute Gasteiger partial charge is 0.376 e. The summed E-state index contributed by atoms with van der Waals surface area (Å²) >= 11 is 1.81. The van der Waals surface area contributed by atoms with Gasteiger partial charge in [-0.3, -0.25) is 0 Å². The van der Waals surface area contributed by atoms with Crippen LogP contribution in [0.2, 0.25) is 0 Å². The van der Waals surface area contributed by atoms with Gasteiger partial charge in [0.1, 0.15) is 12.4 Å². The third-order valence-corrected chi connectivity index (χ3v) is 4.29. The Morgan fingerprint density at radius 1 is 1.45 bits per heavy atom.